The van der Waals surface area contributed by atoms with Crippen LogP contribution in [0.2, 0.25) is 0 Å². The second-order valence-corrected chi connectivity index (χ2v) is 8.16. The number of benzene rings is 3. The van der Waals surface area contributed by atoms with Crippen molar-refractivity contribution in [3.63, 3.8) is 0 Å². The number of carbonyl (C=O) groups excluding carboxylic acids is 1. The van der Waals surface area contributed by atoms with Gasteiger partial charge in [0.15, 0.2) is 0 Å². The van der Waals surface area contributed by atoms with Crippen LogP contribution in [-0.2, 0) is 6.42 Å². The van der Waals surface area contributed by atoms with Crippen molar-refractivity contribution in [3.05, 3.63) is 100 Å². The first-order valence-electron chi connectivity index (χ1n) is 10.5. The van der Waals surface area contributed by atoms with Crippen molar-refractivity contribution in [2.75, 3.05) is 11.9 Å². The molecular weight excluding hydrogens is 389 g/mol. The number of hydrogen-bond donors (Lipinski definition) is 2. The van der Waals surface area contributed by atoms with Crippen molar-refractivity contribution in [2.24, 2.45) is 0 Å². The predicted molar refractivity (Wildman–Crippen MR) is 122 cm³/mol. The number of anilines is 1. The lowest BCUT2D eigenvalue weighted by Crippen LogP contribution is -2.43. The second kappa shape index (κ2) is 7.58. The third kappa shape index (κ3) is 3.36. The van der Waals surface area contributed by atoms with Crippen LogP contribution in [0.4, 0.5) is 14.9 Å². The van der Waals surface area contributed by atoms with Crippen LogP contribution in [-0.4, -0.2) is 22.5 Å². The minimum Gasteiger partial charge on any atom is -0.356 e. The summed E-state index contributed by atoms with van der Waals surface area (Å²) in [5.74, 6) is -0.317. The van der Waals surface area contributed by atoms with Gasteiger partial charge >= 0.3 is 6.03 Å². The standard InChI is InChI=1S/C26H24FN3O/c1-16-11-12-18(15-17(16)2)28-26(31)30-14-13-20-19-7-4-6-10-23(19)29-24(20)25(30)21-8-3-5-9-22(21)27/h3-12,15,25,29H,13-14H2,1-2H3,(H,28,31). The third-order valence-corrected chi connectivity index (χ3v) is 6.25. The fourth-order valence-corrected chi connectivity index (χ4v) is 4.49. The van der Waals surface area contributed by atoms with Crippen molar-refractivity contribution in [2.45, 2.75) is 26.3 Å². The molecule has 1 atom stereocenters. The molecular formula is C26H24FN3O. The molecule has 2 amide bonds. The minimum atomic E-state index is -0.524. The summed E-state index contributed by atoms with van der Waals surface area (Å²) in [5, 5.41) is 4.15. The van der Waals surface area contributed by atoms with Gasteiger partial charge in [-0.05, 0) is 61.2 Å². The first-order valence-corrected chi connectivity index (χ1v) is 10.5. The summed E-state index contributed by atoms with van der Waals surface area (Å²) in [6, 6.07) is 19.9. The summed E-state index contributed by atoms with van der Waals surface area (Å²) in [6.45, 7) is 4.56. The van der Waals surface area contributed by atoms with E-state index in [4.69, 9.17) is 0 Å². The zero-order valence-electron chi connectivity index (χ0n) is 17.6. The molecule has 1 aliphatic rings. The average molecular weight is 413 g/mol. The highest BCUT2D eigenvalue weighted by Gasteiger charge is 2.36. The number of H-pyrrole nitrogens is 1. The molecule has 2 N–H and O–H groups in total. The van der Waals surface area contributed by atoms with Gasteiger partial charge in [0, 0.05) is 34.4 Å². The maximum absolute atomic E-state index is 14.9. The fourth-order valence-electron chi connectivity index (χ4n) is 4.49. The molecule has 5 heteroatoms. The average Bonchev–Trinajstić information content (AvgIpc) is 3.15. The van der Waals surface area contributed by atoms with E-state index < -0.39 is 6.04 Å². The summed E-state index contributed by atoms with van der Waals surface area (Å²) in [7, 11) is 0. The maximum Gasteiger partial charge on any atom is 0.322 e. The summed E-state index contributed by atoms with van der Waals surface area (Å²) < 4.78 is 14.9. The Hall–Kier alpha value is -3.60. The number of aromatic nitrogens is 1. The number of rotatable bonds is 2. The van der Waals surface area contributed by atoms with Crippen LogP contribution in [0.1, 0.15) is 34.0 Å². The van der Waals surface area contributed by atoms with E-state index in [2.05, 4.69) is 16.4 Å². The van der Waals surface area contributed by atoms with E-state index in [0.29, 0.717) is 18.5 Å². The number of aromatic amines is 1. The molecule has 0 saturated carbocycles. The summed E-state index contributed by atoms with van der Waals surface area (Å²) in [4.78, 5) is 18.6. The highest BCUT2D eigenvalue weighted by Crippen LogP contribution is 2.39. The molecule has 0 saturated heterocycles. The second-order valence-electron chi connectivity index (χ2n) is 8.16. The van der Waals surface area contributed by atoms with Gasteiger partial charge in [-0.1, -0.05) is 42.5 Å². The molecule has 3 aromatic carbocycles. The smallest absolute Gasteiger partial charge is 0.322 e. The lowest BCUT2D eigenvalue weighted by Gasteiger charge is -2.36. The molecule has 0 fully saturated rings. The fraction of sp³-hybridized carbons (Fsp3) is 0.192. The number of halogens is 1. The molecule has 4 nitrogen and oxygen atoms in total. The number of carbonyl (C=O) groups is 1. The Morgan fingerprint density at radius 1 is 1.03 bits per heavy atom. The van der Waals surface area contributed by atoms with Crippen LogP contribution in [0.15, 0.2) is 66.7 Å². The van der Waals surface area contributed by atoms with E-state index >= 15 is 0 Å². The van der Waals surface area contributed by atoms with Gasteiger partial charge in [0.2, 0.25) is 0 Å². The summed E-state index contributed by atoms with van der Waals surface area (Å²) in [6.07, 6.45) is 0.713. The molecule has 0 radical (unpaired) electrons. The molecule has 1 aromatic heterocycles. The van der Waals surface area contributed by atoms with Gasteiger partial charge in [-0.25, -0.2) is 9.18 Å². The zero-order valence-corrected chi connectivity index (χ0v) is 17.6. The first kappa shape index (κ1) is 19.4. The largest absolute Gasteiger partial charge is 0.356 e. The molecule has 0 spiro atoms. The molecule has 0 bridgehead atoms. The Labute approximate surface area is 180 Å². The minimum absolute atomic E-state index is 0.235. The van der Waals surface area contributed by atoms with Gasteiger partial charge in [0.1, 0.15) is 11.9 Å². The highest BCUT2D eigenvalue weighted by atomic mass is 19.1. The maximum atomic E-state index is 14.9. The molecule has 31 heavy (non-hydrogen) atoms. The van der Waals surface area contributed by atoms with Gasteiger partial charge < -0.3 is 15.2 Å². The van der Waals surface area contributed by atoms with Crippen molar-refractivity contribution >= 4 is 22.6 Å². The number of aryl methyl sites for hydroxylation is 2. The predicted octanol–water partition coefficient (Wildman–Crippen LogP) is 6.10. The van der Waals surface area contributed by atoms with Gasteiger partial charge in [0.05, 0.1) is 0 Å². The Kier molecular flexibility index (Phi) is 4.74. The van der Waals surface area contributed by atoms with Crippen molar-refractivity contribution in [1.82, 2.24) is 9.88 Å². The number of urea groups is 1. The Balaban J connectivity index is 1.58. The molecule has 156 valence electrons. The summed E-state index contributed by atoms with van der Waals surface area (Å²) >= 11 is 0. The number of amides is 2. The van der Waals surface area contributed by atoms with E-state index in [1.54, 1.807) is 17.0 Å². The first-order chi connectivity index (χ1) is 15.0. The van der Waals surface area contributed by atoms with Crippen molar-refractivity contribution in [1.29, 1.82) is 0 Å². The van der Waals surface area contributed by atoms with Gasteiger partial charge in [-0.3, -0.25) is 0 Å². The SMILES string of the molecule is Cc1ccc(NC(=O)N2CCc3c([nH]c4ccccc34)C2c2ccccc2F)cc1C. The number of nitrogens with zero attached hydrogens (tertiary/aromatic N) is 1. The highest BCUT2D eigenvalue weighted by molar-refractivity contribution is 5.91. The monoisotopic (exact) mass is 413 g/mol. The van der Waals surface area contributed by atoms with E-state index in [1.165, 1.54) is 11.6 Å². The third-order valence-electron chi connectivity index (χ3n) is 6.25. The van der Waals surface area contributed by atoms with Gasteiger partial charge in [-0.2, -0.15) is 0 Å². The van der Waals surface area contributed by atoms with E-state index in [0.717, 1.165) is 33.4 Å². The lowest BCUT2D eigenvalue weighted by molar-refractivity contribution is 0.192. The van der Waals surface area contributed by atoms with Crippen LogP contribution in [0, 0.1) is 19.7 Å². The lowest BCUT2D eigenvalue weighted by atomic mass is 9.92. The van der Waals surface area contributed by atoms with Gasteiger partial charge in [0.25, 0.3) is 0 Å². The van der Waals surface area contributed by atoms with E-state index in [-0.39, 0.29) is 11.8 Å². The van der Waals surface area contributed by atoms with E-state index in [1.807, 2.05) is 56.3 Å². The Bertz CT molecular complexity index is 1290. The Morgan fingerprint density at radius 2 is 1.81 bits per heavy atom. The van der Waals surface area contributed by atoms with Crippen LogP contribution >= 0.6 is 0 Å². The normalized spacial score (nSPS) is 15.7. The van der Waals surface area contributed by atoms with Crippen molar-refractivity contribution in [3.8, 4) is 0 Å². The van der Waals surface area contributed by atoms with Gasteiger partial charge in [-0.15, -0.1) is 0 Å². The number of hydrogen-bond acceptors (Lipinski definition) is 1. The number of nitrogens with one attached hydrogen (secondary N) is 2. The summed E-state index contributed by atoms with van der Waals surface area (Å²) in [5.41, 5.74) is 6.55. The van der Waals surface area contributed by atoms with Crippen LogP contribution < -0.4 is 5.32 Å². The van der Waals surface area contributed by atoms with E-state index in [9.17, 15) is 9.18 Å². The topological polar surface area (TPSA) is 48.1 Å². The molecule has 2 heterocycles. The quantitative estimate of drug-likeness (QED) is 0.410. The number of para-hydroxylation sites is 1. The molecule has 1 unspecified atom stereocenters. The molecule has 0 aliphatic carbocycles. The molecule has 5 rings (SSSR count). The molecule has 1 aliphatic heterocycles. The Morgan fingerprint density at radius 3 is 2.61 bits per heavy atom. The van der Waals surface area contributed by atoms with Crippen molar-refractivity contribution < 1.29 is 9.18 Å². The number of fused-ring (bicyclic) bond motifs is 3. The zero-order chi connectivity index (χ0) is 21.5. The van der Waals surface area contributed by atoms with Crippen LogP contribution in [0.25, 0.3) is 10.9 Å². The van der Waals surface area contributed by atoms with Crippen LogP contribution in [0.3, 0.4) is 0 Å². The van der Waals surface area contributed by atoms with Crippen LogP contribution in [0.5, 0.6) is 0 Å². The molecule has 4 aromatic rings.